The van der Waals surface area contributed by atoms with Crippen molar-refractivity contribution in [1.82, 2.24) is 0 Å². The molecule has 0 unspecified atom stereocenters. The van der Waals surface area contributed by atoms with Gasteiger partial charge in [0.1, 0.15) is 0 Å². The highest BCUT2D eigenvalue weighted by molar-refractivity contribution is 5.93. The number of hydrogen-bond acceptors (Lipinski definition) is 3. The van der Waals surface area contributed by atoms with Crippen molar-refractivity contribution < 1.29 is 14.3 Å². The van der Waals surface area contributed by atoms with Gasteiger partial charge >= 0.3 is 5.97 Å². The average Bonchev–Trinajstić information content (AvgIpc) is 2.68. The second kappa shape index (κ2) is 6.69. The van der Waals surface area contributed by atoms with Crippen LogP contribution in [0.1, 0.15) is 51.9 Å². The molecule has 0 radical (unpaired) electrons. The Balaban J connectivity index is 2.00. The van der Waals surface area contributed by atoms with Gasteiger partial charge in [-0.25, -0.2) is 0 Å². The maximum Gasteiger partial charge on any atom is 0.306 e. The molecule has 2 aliphatic rings. The average molecular weight is 262 g/mol. The maximum atomic E-state index is 11.6. The zero-order valence-corrected chi connectivity index (χ0v) is 11.6. The van der Waals surface area contributed by atoms with Gasteiger partial charge in [0.05, 0.1) is 6.10 Å². The van der Waals surface area contributed by atoms with Gasteiger partial charge in [-0.2, -0.15) is 0 Å². The topological polar surface area (TPSA) is 43.4 Å². The number of cyclic esters (lactones) is 1. The summed E-state index contributed by atoms with van der Waals surface area (Å²) in [5.41, 5.74) is 1.18. The van der Waals surface area contributed by atoms with Crippen LogP contribution in [0.5, 0.6) is 0 Å². The summed E-state index contributed by atoms with van der Waals surface area (Å²) in [5.74, 6) is 0.371. The van der Waals surface area contributed by atoms with Crippen molar-refractivity contribution in [2.75, 3.05) is 0 Å². The molecule has 104 valence electrons. The summed E-state index contributed by atoms with van der Waals surface area (Å²) >= 11 is 0. The first-order valence-electron chi connectivity index (χ1n) is 7.24. The van der Waals surface area contributed by atoms with Crippen LogP contribution in [0.25, 0.3) is 0 Å². The third-order valence-corrected chi connectivity index (χ3v) is 3.77. The molecule has 1 heterocycles. The molecule has 2 rings (SSSR count). The zero-order valence-electron chi connectivity index (χ0n) is 11.6. The van der Waals surface area contributed by atoms with Crippen molar-refractivity contribution in [2.45, 2.75) is 58.0 Å². The molecule has 3 heteroatoms. The van der Waals surface area contributed by atoms with Crippen LogP contribution in [0.15, 0.2) is 23.8 Å². The fourth-order valence-electron chi connectivity index (χ4n) is 2.73. The van der Waals surface area contributed by atoms with Gasteiger partial charge in [0.15, 0.2) is 5.78 Å². The number of ketones is 1. The van der Waals surface area contributed by atoms with Gasteiger partial charge in [0.2, 0.25) is 0 Å². The molecular formula is C16H22O3. The Kier molecular flexibility index (Phi) is 4.94. The van der Waals surface area contributed by atoms with Crippen molar-refractivity contribution >= 4 is 11.8 Å². The number of allylic oxidation sites excluding steroid dienone is 4. The lowest BCUT2D eigenvalue weighted by atomic mass is 9.96. The van der Waals surface area contributed by atoms with Crippen LogP contribution in [0.4, 0.5) is 0 Å². The lowest BCUT2D eigenvalue weighted by molar-refractivity contribution is -0.148. The molecule has 0 fully saturated rings. The van der Waals surface area contributed by atoms with Crippen LogP contribution in [-0.2, 0) is 14.3 Å². The quantitative estimate of drug-likeness (QED) is 0.496. The molecule has 0 aromatic carbocycles. The molecule has 0 saturated carbocycles. The number of rotatable bonds is 0. The van der Waals surface area contributed by atoms with Gasteiger partial charge in [0, 0.05) is 18.8 Å². The Bertz CT molecular complexity index is 406. The molecule has 19 heavy (non-hydrogen) atoms. The minimum atomic E-state index is -0.110. The van der Waals surface area contributed by atoms with Crippen molar-refractivity contribution in [3.05, 3.63) is 23.8 Å². The molecule has 0 bridgehead atoms. The van der Waals surface area contributed by atoms with E-state index < -0.39 is 0 Å². The van der Waals surface area contributed by atoms with E-state index in [4.69, 9.17) is 4.74 Å². The van der Waals surface area contributed by atoms with E-state index in [1.807, 2.05) is 6.92 Å². The number of esters is 1. The third-order valence-electron chi connectivity index (χ3n) is 3.77. The van der Waals surface area contributed by atoms with Crippen LogP contribution < -0.4 is 0 Å². The Labute approximate surface area is 114 Å². The van der Waals surface area contributed by atoms with Crippen LogP contribution in [0.2, 0.25) is 0 Å². The molecule has 2 atom stereocenters. The van der Waals surface area contributed by atoms with Gasteiger partial charge < -0.3 is 4.74 Å². The van der Waals surface area contributed by atoms with E-state index in [0.29, 0.717) is 12.8 Å². The normalized spacial score (nSPS) is 31.3. The first kappa shape index (κ1) is 14.0. The highest BCUT2D eigenvalue weighted by atomic mass is 16.5. The zero-order chi connectivity index (χ0) is 13.7. The molecule has 1 aliphatic heterocycles. The standard InChI is InChI=1S/C16H22O3/c1-12-6-3-2-4-7-13-10-15(17)11-14(13)8-5-9-16(18)19-12/h4,7,11-13H,2-3,5-6,8-10H2,1H3/b7-4+/t12-,13+/m0/s1. The van der Waals surface area contributed by atoms with Crippen LogP contribution in [-0.4, -0.2) is 17.9 Å². The van der Waals surface area contributed by atoms with Gasteiger partial charge in [-0.15, -0.1) is 0 Å². The number of carbonyl (C=O) groups excluding carboxylic acids is 2. The Morgan fingerprint density at radius 3 is 2.89 bits per heavy atom. The molecule has 0 saturated heterocycles. The number of ether oxygens (including phenoxy) is 1. The van der Waals surface area contributed by atoms with Crippen LogP contribution in [0, 0.1) is 5.92 Å². The second-order valence-corrected chi connectivity index (χ2v) is 5.51. The van der Waals surface area contributed by atoms with Gasteiger partial charge in [0.25, 0.3) is 0 Å². The van der Waals surface area contributed by atoms with Gasteiger partial charge in [-0.1, -0.05) is 17.7 Å². The minimum Gasteiger partial charge on any atom is -0.463 e. The predicted octanol–water partition coefficient (Wildman–Crippen LogP) is 3.34. The molecule has 0 aromatic rings. The molecule has 1 aliphatic carbocycles. The predicted molar refractivity (Wildman–Crippen MR) is 73.6 cm³/mol. The summed E-state index contributed by atoms with van der Waals surface area (Å²) in [6, 6.07) is 0. The summed E-state index contributed by atoms with van der Waals surface area (Å²) in [7, 11) is 0. The summed E-state index contributed by atoms with van der Waals surface area (Å²) in [4.78, 5) is 23.1. The van der Waals surface area contributed by atoms with E-state index in [9.17, 15) is 9.59 Å². The summed E-state index contributed by atoms with van der Waals surface area (Å²) in [6.45, 7) is 1.96. The summed E-state index contributed by atoms with van der Waals surface area (Å²) in [5, 5.41) is 0. The molecule has 3 nitrogen and oxygen atoms in total. The first-order chi connectivity index (χ1) is 9.15. The van der Waals surface area contributed by atoms with E-state index in [1.165, 1.54) is 5.57 Å². The second-order valence-electron chi connectivity index (χ2n) is 5.51. The fourth-order valence-corrected chi connectivity index (χ4v) is 2.73. The summed E-state index contributed by atoms with van der Waals surface area (Å²) in [6.07, 6.45) is 11.7. The van der Waals surface area contributed by atoms with Crippen molar-refractivity contribution in [1.29, 1.82) is 0 Å². The molecule has 0 spiro atoms. The number of fused-ring (bicyclic) bond motifs is 1. The van der Waals surface area contributed by atoms with Crippen molar-refractivity contribution in [3.63, 3.8) is 0 Å². The van der Waals surface area contributed by atoms with E-state index in [-0.39, 0.29) is 23.8 Å². The lowest BCUT2D eigenvalue weighted by Crippen LogP contribution is -2.14. The Morgan fingerprint density at radius 2 is 2.05 bits per heavy atom. The van der Waals surface area contributed by atoms with E-state index in [2.05, 4.69) is 12.2 Å². The monoisotopic (exact) mass is 262 g/mol. The molecule has 0 aromatic heterocycles. The van der Waals surface area contributed by atoms with Crippen molar-refractivity contribution in [3.8, 4) is 0 Å². The third kappa shape index (κ3) is 4.34. The lowest BCUT2D eigenvalue weighted by Gasteiger charge is -2.12. The summed E-state index contributed by atoms with van der Waals surface area (Å²) < 4.78 is 5.35. The highest BCUT2D eigenvalue weighted by Gasteiger charge is 2.22. The van der Waals surface area contributed by atoms with E-state index in [1.54, 1.807) is 6.08 Å². The van der Waals surface area contributed by atoms with Gasteiger partial charge in [-0.05, 0) is 45.1 Å². The first-order valence-corrected chi connectivity index (χ1v) is 7.24. The maximum absolute atomic E-state index is 11.6. The SMILES string of the molecule is C[C@H]1CCC/C=C/[C@@H]2CC(=O)C=C2CCCC(=O)O1. The molecule has 0 amide bonds. The van der Waals surface area contributed by atoms with E-state index in [0.717, 1.165) is 32.1 Å². The minimum absolute atomic E-state index is 0.0157. The Morgan fingerprint density at radius 1 is 1.21 bits per heavy atom. The van der Waals surface area contributed by atoms with Gasteiger partial charge in [-0.3, -0.25) is 9.59 Å². The fraction of sp³-hybridized carbons (Fsp3) is 0.625. The van der Waals surface area contributed by atoms with Crippen LogP contribution >= 0.6 is 0 Å². The Hall–Kier alpha value is -1.38. The molecule has 0 N–H and O–H groups in total. The molecular weight excluding hydrogens is 240 g/mol. The number of hydrogen-bond donors (Lipinski definition) is 0. The smallest absolute Gasteiger partial charge is 0.306 e. The number of carbonyl (C=O) groups is 2. The van der Waals surface area contributed by atoms with Crippen LogP contribution in [0.3, 0.4) is 0 Å². The largest absolute Gasteiger partial charge is 0.463 e. The highest BCUT2D eigenvalue weighted by Crippen LogP contribution is 2.29. The van der Waals surface area contributed by atoms with Crippen molar-refractivity contribution in [2.24, 2.45) is 5.92 Å². The van der Waals surface area contributed by atoms with E-state index >= 15 is 0 Å².